The molecule has 2 aliphatic heterocycles. The molecule has 0 aromatic heterocycles. The van der Waals surface area contributed by atoms with Crippen LogP contribution in [-0.2, 0) is 19.4 Å². The van der Waals surface area contributed by atoms with Crippen LogP contribution in [0.5, 0.6) is 0 Å². The van der Waals surface area contributed by atoms with Crippen LogP contribution < -0.4 is 5.32 Å². The molecule has 0 radical (unpaired) electrons. The molecule has 0 aromatic carbocycles. The predicted molar refractivity (Wildman–Crippen MR) is 78.8 cm³/mol. The van der Waals surface area contributed by atoms with E-state index in [4.69, 9.17) is 4.74 Å². The first kappa shape index (κ1) is 15.2. The van der Waals surface area contributed by atoms with Crippen molar-refractivity contribution < 1.29 is 17.9 Å². The number of sulfone groups is 1. The summed E-state index contributed by atoms with van der Waals surface area (Å²) in [5.41, 5.74) is 0. The topological polar surface area (TPSA) is 75.7 Å². The van der Waals surface area contributed by atoms with Gasteiger partial charge in [-0.05, 0) is 12.8 Å². The van der Waals surface area contributed by atoms with Crippen LogP contribution in [-0.4, -0.2) is 68.6 Å². The number of nitrogens with one attached hydrogen (secondary N) is 1. The molecule has 120 valence electrons. The molecule has 3 fully saturated rings. The lowest BCUT2D eigenvalue weighted by Gasteiger charge is -2.44. The van der Waals surface area contributed by atoms with Crippen LogP contribution in [0.4, 0.5) is 0 Å². The van der Waals surface area contributed by atoms with Gasteiger partial charge in [-0.2, -0.15) is 0 Å². The number of morpholine rings is 1. The molecule has 0 bridgehead atoms. The summed E-state index contributed by atoms with van der Waals surface area (Å²) in [6.45, 7) is 2.39. The van der Waals surface area contributed by atoms with E-state index < -0.39 is 9.84 Å². The Hall–Kier alpha value is -0.660. The molecule has 21 heavy (non-hydrogen) atoms. The Morgan fingerprint density at radius 2 is 2.10 bits per heavy atom. The van der Waals surface area contributed by atoms with E-state index in [1.165, 1.54) is 0 Å². The van der Waals surface area contributed by atoms with Gasteiger partial charge in [-0.25, -0.2) is 8.42 Å². The molecule has 0 spiro atoms. The number of rotatable bonds is 2. The van der Waals surface area contributed by atoms with Gasteiger partial charge in [0.2, 0.25) is 5.91 Å². The zero-order valence-electron chi connectivity index (χ0n) is 12.3. The number of nitrogens with zero attached hydrogens (tertiary/aromatic N) is 1. The van der Waals surface area contributed by atoms with Gasteiger partial charge in [-0.15, -0.1) is 0 Å². The van der Waals surface area contributed by atoms with Crippen LogP contribution in [0.15, 0.2) is 0 Å². The molecule has 1 amide bonds. The number of fused-ring (bicyclic) bond motifs is 1. The molecule has 0 aromatic rings. The highest BCUT2D eigenvalue weighted by Gasteiger charge is 2.44. The zero-order chi connectivity index (χ0) is 14.9. The van der Waals surface area contributed by atoms with E-state index in [2.05, 4.69) is 5.32 Å². The molecule has 2 heterocycles. The minimum atomic E-state index is -3.02. The molecule has 3 rings (SSSR count). The fourth-order valence-corrected chi connectivity index (χ4v) is 5.83. The molecule has 1 saturated carbocycles. The van der Waals surface area contributed by atoms with Gasteiger partial charge in [0.25, 0.3) is 0 Å². The second kappa shape index (κ2) is 6.22. The van der Waals surface area contributed by atoms with Crippen molar-refractivity contribution in [2.75, 3.05) is 32.1 Å². The van der Waals surface area contributed by atoms with Crippen molar-refractivity contribution in [3.8, 4) is 0 Å². The fraction of sp³-hybridized carbons (Fsp3) is 0.929. The third-order valence-corrected chi connectivity index (χ3v) is 7.11. The van der Waals surface area contributed by atoms with Crippen LogP contribution in [0.3, 0.4) is 0 Å². The summed E-state index contributed by atoms with van der Waals surface area (Å²) >= 11 is 0. The lowest BCUT2D eigenvalue weighted by atomic mass is 9.93. The molecule has 2 saturated heterocycles. The number of hydrogen-bond donors (Lipinski definition) is 1. The van der Waals surface area contributed by atoms with E-state index in [9.17, 15) is 13.2 Å². The lowest BCUT2D eigenvalue weighted by molar-refractivity contribution is -0.135. The quantitative estimate of drug-likeness (QED) is 0.772. The Labute approximate surface area is 126 Å². The highest BCUT2D eigenvalue weighted by Crippen LogP contribution is 2.32. The van der Waals surface area contributed by atoms with Crippen molar-refractivity contribution in [3.63, 3.8) is 0 Å². The molecular weight excluding hydrogens is 292 g/mol. The van der Waals surface area contributed by atoms with E-state index in [-0.39, 0.29) is 29.0 Å². The maximum Gasteiger partial charge on any atom is 0.224 e. The smallest absolute Gasteiger partial charge is 0.224 e. The Bertz CT molecular complexity index is 487. The van der Waals surface area contributed by atoms with Crippen molar-refractivity contribution in [2.45, 2.75) is 49.4 Å². The van der Waals surface area contributed by atoms with Crippen LogP contribution in [0.2, 0.25) is 0 Å². The van der Waals surface area contributed by atoms with Gasteiger partial charge in [-0.3, -0.25) is 4.79 Å². The third kappa shape index (κ3) is 3.24. The summed E-state index contributed by atoms with van der Waals surface area (Å²) in [6, 6.07) is -0.0404. The van der Waals surface area contributed by atoms with Crippen LogP contribution in [0, 0.1) is 0 Å². The maximum atomic E-state index is 12.6. The van der Waals surface area contributed by atoms with E-state index >= 15 is 0 Å². The normalized spacial score (nSPS) is 36.0. The van der Waals surface area contributed by atoms with Crippen molar-refractivity contribution >= 4 is 15.7 Å². The Kier molecular flexibility index (Phi) is 4.51. The lowest BCUT2D eigenvalue weighted by Crippen LogP contribution is -2.58. The second-order valence-electron chi connectivity index (χ2n) is 6.27. The average molecular weight is 316 g/mol. The third-order valence-electron chi connectivity index (χ3n) is 4.89. The van der Waals surface area contributed by atoms with Crippen molar-refractivity contribution in [2.24, 2.45) is 0 Å². The molecule has 1 aliphatic carbocycles. The van der Waals surface area contributed by atoms with E-state index in [0.717, 1.165) is 25.8 Å². The molecule has 7 heteroatoms. The predicted octanol–water partition coefficient (Wildman–Crippen LogP) is -0.0669. The monoisotopic (exact) mass is 316 g/mol. The Morgan fingerprint density at radius 1 is 1.29 bits per heavy atom. The van der Waals surface area contributed by atoms with Gasteiger partial charge in [0.05, 0.1) is 24.2 Å². The van der Waals surface area contributed by atoms with Gasteiger partial charge in [-0.1, -0.05) is 12.8 Å². The highest BCUT2D eigenvalue weighted by molar-refractivity contribution is 7.92. The Balaban J connectivity index is 1.67. The molecule has 6 nitrogen and oxygen atoms in total. The SMILES string of the molecule is O=C(CC1COCCN1)N1CCS(=O)(=O)C2CCCCC21. The van der Waals surface area contributed by atoms with Gasteiger partial charge in [0, 0.05) is 31.6 Å². The summed E-state index contributed by atoms with van der Waals surface area (Å²) in [5, 5.41) is 2.95. The first-order valence-corrected chi connectivity index (χ1v) is 9.61. The summed E-state index contributed by atoms with van der Waals surface area (Å²) in [7, 11) is -3.02. The van der Waals surface area contributed by atoms with Crippen molar-refractivity contribution in [1.29, 1.82) is 0 Å². The molecular formula is C14H24N2O4S. The Morgan fingerprint density at radius 3 is 2.86 bits per heavy atom. The average Bonchev–Trinajstić information content (AvgIpc) is 2.48. The number of carbonyl (C=O) groups excluding carboxylic acids is 1. The van der Waals surface area contributed by atoms with Gasteiger partial charge < -0.3 is 15.0 Å². The molecule has 1 N–H and O–H groups in total. The highest BCUT2D eigenvalue weighted by atomic mass is 32.2. The number of ether oxygens (including phenoxy) is 1. The van der Waals surface area contributed by atoms with Gasteiger partial charge >= 0.3 is 0 Å². The van der Waals surface area contributed by atoms with Crippen LogP contribution in [0.1, 0.15) is 32.1 Å². The van der Waals surface area contributed by atoms with E-state index in [1.807, 2.05) is 4.90 Å². The molecule has 3 unspecified atom stereocenters. The first-order valence-electron chi connectivity index (χ1n) is 7.90. The summed E-state index contributed by atoms with van der Waals surface area (Å²) in [6.07, 6.45) is 3.92. The zero-order valence-corrected chi connectivity index (χ0v) is 13.1. The standard InChI is InChI=1S/C14H24N2O4S/c17-14(9-11-10-20-7-5-15-11)16-6-8-21(18,19)13-4-2-1-3-12(13)16/h11-13,15H,1-10H2. The molecule has 3 aliphatic rings. The van der Waals surface area contributed by atoms with Crippen LogP contribution in [0.25, 0.3) is 0 Å². The largest absolute Gasteiger partial charge is 0.378 e. The fourth-order valence-electron chi connectivity index (χ4n) is 3.78. The van der Waals surface area contributed by atoms with Crippen LogP contribution >= 0.6 is 0 Å². The molecule has 3 atom stereocenters. The number of amides is 1. The minimum Gasteiger partial charge on any atom is -0.378 e. The second-order valence-corrected chi connectivity index (χ2v) is 8.61. The van der Waals surface area contributed by atoms with Crippen molar-refractivity contribution in [3.05, 3.63) is 0 Å². The minimum absolute atomic E-state index is 0.0619. The number of carbonyl (C=O) groups is 1. The summed E-state index contributed by atoms with van der Waals surface area (Å²) in [5.74, 6) is 0.193. The van der Waals surface area contributed by atoms with E-state index in [1.54, 1.807) is 0 Å². The summed E-state index contributed by atoms with van der Waals surface area (Å²) in [4.78, 5) is 14.4. The van der Waals surface area contributed by atoms with Crippen molar-refractivity contribution in [1.82, 2.24) is 10.2 Å². The van der Waals surface area contributed by atoms with Gasteiger partial charge in [0.15, 0.2) is 9.84 Å². The van der Waals surface area contributed by atoms with E-state index in [0.29, 0.717) is 32.6 Å². The maximum absolute atomic E-state index is 12.6. The van der Waals surface area contributed by atoms with Gasteiger partial charge in [0.1, 0.15) is 0 Å². The number of hydrogen-bond acceptors (Lipinski definition) is 5. The summed E-state index contributed by atoms with van der Waals surface area (Å²) < 4.78 is 29.8. The first-order chi connectivity index (χ1) is 10.1.